The summed E-state index contributed by atoms with van der Waals surface area (Å²) in [6.45, 7) is 5.80. The van der Waals surface area contributed by atoms with Crippen LogP contribution in [-0.4, -0.2) is 19.6 Å². The number of hydrogen-bond acceptors (Lipinski definition) is 3. The Hall–Kier alpha value is -3.66. The first-order chi connectivity index (χ1) is 14.1. The van der Waals surface area contributed by atoms with Gasteiger partial charge in [0.05, 0.1) is 11.4 Å². The van der Waals surface area contributed by atoms with Crippen LogP contribution < -0.4 is 11.1 Å². The zero-order valence-electron chi connectivity index (χ0n) is 16.8. The Labute approximate surface area is 172 Å². The Morgan fingerprint density at radius 3 is 2.41 bits per heavy atom. The Balaban J connectivity index is 1.85. The summed E-state index contributed by atoms with van der Waals surface area (Å²) < 4.78 is 0. The molecule has 1 aliphatic carbocycles. The van der Waals surface area contributed by atoms with Crippen LogP contribution in [0.15, 0.2) is 106 Å². The molecule has 2 aromatic carbocycles. The summed E-state index contributed by atoms with van der Waals surface area (Å²) in [7, 11) is 1.88. The lowest BCUT2D eigenvalue weighted by Gasteiger charge is -2.06. The Kier molecular flexibility index (Phi) is 6.59. The number of amidine groups is 1. The van der Waals surface area contributed by atoms with Gasteiger partial charge in [0.1, 0.15) is 5.84 Å². The molecule has 3 N–H and O–H groups in total. The third-order valence-electron chi connectivity index (χ3n) is 4.61. The van der Waals surface area contributed by atoms with Gasteiger partial charge in [-0.3, -0.25) is 4.99 Å². The molecular formula is C25H26N4. The SMILES string of the molecule is C=N/C(=C\C(N)=NC1=CC(C)C=CC(NC)=C1)c1ccc(-c2ccccc2)cc1. The van der Waals surface area contributed by atoms with Crippen LogP contribution >= 0.6 is 0 Å². The largest absolute Gasteiger partial charge is 0.388 e. The number of benzene rings is 2. The van der Waals surface area contributed by atoms with Gasteiger partial charge in [0.15, 0.2) is 0 Å². The van der Waals surface area contributed by atoms with E-state index in [2.05, 4.69) is 65.4 Å². The second kappa shape index (κ2) is 9.51. The molecule has 146 valence electrons. The van der Waals surface area contributed by atoms with E-state index in [1.807, 2.05) is 49.5 Å². The van der Waals surface area contributed by atoms with E-state index in [0.717, 1.165) is 22.5 Å². The number of aliphatic imine (C=N–C) groups is 2. The van der Waals surface area contributed by atoms with E-state index in [9.17, 15) is 0 Å². The molecule has 1 unspecified atom stereocenters. The highest BCUT2D eigenvalue weighted by atomic mass is 14.9. The van der Waals surface area contributed by atoms with Crippen molar-refractivity contribution in [2.24, 2.45) is 21.6 Å². The number of nitrogens with zero attached hydrogens (tertiary/aromatic N) is 2. The molecule has 3 rings (SSSR count). The van der Waals surface area contributed by atoms with Crippen LogP contribution in [0.4, 0.5) is 0 Å². The van der Waals surface area contributed by atoms with Crippen LogP contribution in [0.25, 0.3) is 16.8 Å². The highest BCUT2D eigenvalue weighted by Crippen LogP contribution is 2.23. The number of hydrogen-bond donors (Lipinski definition) is 2. The Morgan fingerprint density at radius 1 is 1.07 bits per heavy atom. The van der Waals surface area contributed by atoms with Crippen molar-refractivity contribution in [1.82, 2.24) is 5.32 Å². The summed E-state index contributed by atoms with van der Waals surface area (Å²) in [6.07, 6.45) is 9.94. The summed E-state index contributed by atoms with van der Waals surface area (Å²) in [5, 5.41) is 3.14. The number of allylic oxidation sites excluding steroid dienone is 4. The molecular weight excluding hydrogens is 356 g/mol. The van der Waals surface area contributed by atoms with Gasteiger partial charge in [0.2, 0.25) is 0 Å². The number of rotatable bonds is 6. The van der Waals surface area contributed by atoms with Crippen molar-refractivity contribution in [1.29, 1.82) is 0 Å². The molecule has 2 aromatic rings. The summed E-state index contributed by atoms with van der Waals surface area (Å²) in [4.78, 5) is 8.71. The highest BCUT2D eigenvalue weighted by Gasteiger charge is 2.05. The second-order valence-corrected chi connectivity index (χ2v) is 6.83. The predicted molar refractivity (Wildman–Crippen MR) is 125 cm³/mol. The monoisotopic (exact) mass is 382 g/mol. The lowest BCUT2D eigenvalue weighted by Crippen LogP contribution is -2.09. The molecule has 0 spiro atoms. The standard InChI is InChI=1S/C25H26N4/c1-18-9-14-22(27-2)16-23(15-18)29-25(26)17-24(28-3)21-12-10-20(11-13-21)19-7-5-4-6-8-19/h4-18,27H,3H2,1-2H3,(H2,26,29)/b24-17-. The molecule has 1 atom stereocenters. The average Bonchev–Trinajstić information content (AvgIpc) is 2.93. The van der Waals surface area contributed by atoms with Gasteiger partial charge in [-0.15, -0.1) is 0 Å². The van der Waals surface area contributed by atoms with Gasteiger partial charge >= 0.3 is 0 Å². The van der Waals surface area contributed by atoms with E-state index in [-0.39, 0.29) is 5.92 Å². The normalized spacial score (nSPS) is 17.2. The molecule has 1 aliphatic rings. The zero-order chi connectivity index (χ0) is 20.6. The Bertz CT molecular complexity index is 1010. The van der Waals surface area contributed by atoms with Crippen molar-refractivity contribution in [2.45, 2.75) is 6.92 Å². The zero-order valence-corrected chi connectivity index (χ0v) is 16.8. The van der Waals surface area contributed by atoms with E-state index in [0.29, 0.717) is 11.5 Å². The number of nitrogens with two attached hydrogens (primary N) is 1. The van der Waals surface area contributed by atoms with Crippen molar-refractivity contribution in [2.75, 3.05) is 7.05 Å². The minimum atomic E-state index is 0.273. The fourth-order valence-corrected chi connectivity index (χ4v) is 3.07. The first-order valence-electron chi connectivity index (χ1n) is 9.57. The van der Waals surface area contributed by atoms with Crippen LogP contribution in [0.3, 0.4) is 0 Å². The maximum atomic E-state index is 6.20. The van der Waals surface area contributed by atoms with Crippen LogP contribution in [0.2, 0.25) is 0 Å². The molecule has 0 heterocycles. The molecule has 4 heteroatoms. The van der Waals surface area contributed by atoms with Gasteiger partial charge in [-0.1, -0.05) is 73.7 Å². The molecule has 4 nitrogen and oxygen atoms in total. The topological polar surface area (TPSA) is 62.8 Å². The summed E-state index contributed by atoms with van der Waals surface area (Å²) >= 11 is 0. The van der Waals surface area contributed by atoms with Crippen LogP contribution in [-0.2, 0) is 0 Å². The molecule has 0 fully saturated rings. The predicted octanol–water partition coefficient (Wildman–Crippen LogP) is 4.95. The first kappa shape index (κ1) is 20.1. The summed E-state index contributed by atoms with van der Waals surface area (Å²) in [6, 6.07) is 18.4. The third kappa shape index (κ3) is 5.42. The van der Waals surface area contributed by atoms with Crippen LogP contribution in [0.5, 0.6) is 0 Å². The third-order valence-corrected chi connectivity index (χ3v) is 4.61. The van der Waals surface area contributed by atoms with Gasteiger partial charge in [-0.2, -0.15) is 0 Å². The minimum absolute atomic E-state index is 0.273. The molecule has 0 aliphatic heterocycles. The number of nitrogens with one attached hydrogen (secondary N) is 1. The maximum absolute atomic E-state index is 6.20. The van der Waals surface area contributed by atoms with Gasteiger partial charge in [0, 0.05) is 24.4 Å². The van der Waals surface area contributed by atoms with E-state index in [1.165, 1.54) is 5.56 Å². The van der Waals surface area contributed by atoms with Crippen molar-refractivity contribution in [3.63, 3.8) is 0 Å². The van der Waals surface area contributed by atoms with Gasteiger partial charge in [0.25, 0.3) is 0 Å². The van der Waals surface area contributed by atoms with Crippen LogP contribution in [0.1, 0.15) is 12.5 Å². The average molecular weight is 383 g/mol. The van der Waals surface area contributed by atoms with Crippen molar-refractivity contribution >= 4 is 18.3 Å². The molecule has 0 saturated carbocycles. The fourth-order valence-electron chi connectivity index (χ4n) is 3.07. The van der Waals surface area contributed by atoms with Crippen molar-refractivity contribution < 1.29 is 0 Å². The Morgan fingerprint density at radius 2 is 1.76 bits per heavy atom. The molecule has 0 aromatic heterocycles. The number of likely N-dealkylation sites (N-methyl/N-ethyl adjacent to an activating group) is 1. The first-order valence-corrected chi connectivity index (χ1v) is 9.57. The molecule has 0 amide bonds. The second-order valence-electron chi connectivity index (χ2n) is 6.83. The van der Waals surface area contributed by atoms with Crippen LogP contribution in [0, 0.1) is 5.92 Å². The summed E-state index contributed by atoms with van der Waals surface area (Å²) in [5.74, 6) is 0.654. The van der Waals surface area contributed by atoms with E-state index < -0.39 is 0 Å². The maximum Gasteiger partial charge on any atom is 0.126 e. The van der Waals surface area contributed by atoms with E-state index in [1.54, 1.807) is 6.08 Å². The molecule has 0 bridgehead atoms. The van der Waals surface area contributed by atoms with Gasteiger partial charge in [-0.05, 0) is 35.9 Å². The smallest absolute Gasteiger partial charge is 0.126 e. The van der Waals surface area contributed by atoms with Crippen molar-refractivity contribution in [3.8, 4) is 11.1 Å². The quantitative estimate of drug-likeness (QED) is 0.549. The van der Waals surface area contributed by atoms with Gasteiger partial charge < -0.3 is 11.1 Å². The highest BCUT2D eigenvalue weighted by molar-refractivity contribution is 5.99. The summed E-state index contributed by atoms with van der Waals surface area (Å²) in [5.41, 5.74) is 11.9. The van der Waals surface area contributed by atoms with E-state index >= 15 is 0 Å². The lowest BCUT2D eigenvalue weighted by atomic mass is 10.0. The minimum Gasteiger partial charge on any atom is -0.388 e. The fraction of sp³-hybridized carbons (Fsp3) is 0.120. The van der Waals surface area contributed by atoms with E-state index in [4.69, 9.17) is 5.73 Å². The van der Waals surface area contributed by atoms with Crippen molar-refractivity contribution in [3.05, 3.63) is 102 Å². The molecule has 29 heavy (non-hydrogen) atoms. The van der Waals surface area contributed by atoms with Gasteiger partial charge in [-0.25, -0.2) is 4.99 Å². The molecule has 0 radical (unpaired) electrons. The lowest BCUT2D eigenvalue weighted by molar-refractivity contribution is 0.928. The molecule has 0 saturated heterocycles.